The van der Waals surface area contributed by atoms with Crippen molar-refractivity contribution < 1.29 is 18.0 Å². The lowest BCUT2D eigenvalue weighted by Crippen LogP contribution is -2.46. The van der Waals surface area contributed by atoms with Crippen molar-refractivity contribution in [2.45, 2.75) is 51.5 Å². The Morgan fingerprint density at radius 1 is 1.19 bits per heavy atom. The van der Waals surface area contributed by atoms with Gasteiger partial charge in [-0.3, -0.25) is 9.59 Å². The molecule has 0 radical (unpaired) electrons. The van der Waals surface area contributed by atoms with Gasteiger partial charge in [0.25, 0.3) is 0 Å². The second kappa shape index (κ2) is 6.62. The molecular weight excluding hydrogens is 364 g/mol. The van der Waals surface area contributed by atoms with Gasteiger partial charge in [-0.05, 0) is 36.3 Å². The third kappa shape index (κ3) is 3.88. The first-order valence-electron chi connectivity index (χ1n) is 9.35. The molecule has 1 unspecified atom stereocenters. The molecule has 2 aliphatic rings. The molecular formula is C20H28N2O4S. The number of nitrogens with zero attached hydrogens (tertiary/aromatic N) is 1. The highest BCUT2D eigenvalue weighted by Gasteiger charge is 2.58. The van der Waals surface area contributed by atoms with E-state index in [9.17, 15) is 18.0 Å². The SMILES string of the molecule is CN(C(=O)C1(C(=O)Nc2ccccc2C(C)(C)C)CC1)C1CCS(=O)(=O)C1. The fourth-order valence-corrected chi connectivity index (χ4v) is 5.51. The lowest BCUT2D eigenvalue weighted by atomic mass is 9.85. The first kappa shape index (κ1) is 19.9. The van der Waals surface area contributed by atoms with E-state index in [-0.39, 0.29) is 34.8 Å². The summed E-state index contributed by atoms with van der Waals surface area (Å²) in [5, 5.41) is 2.96. The molecule has 1 aromatic rings. The van der Waals surface area contributed by atoms with Gasteiger partial charge in [-0.2, -0.15) is 0 Å². The van der Waals surface area contributed by atoms with Crippen LogP contribution in [0.25, 0.3) is 0 Å². The number of para-hydroxylation sites is 1. The Bertz CT molecular complexity index is 866. The largest absolute Gasteiger partial charge is 0.341 e. The Labute approximate surface area is 161 Å². The maximum Gasteiger partial charge on any atom is 0.240 e. The van der Waals surface area contributed by atoms with Gasteiger partial charge in [0.2, 0.25) is 11.8 Å². The van der Waals surface area contributed by atoms with Crippen LogP contribution in [-0.4, -0.2) is 49.7 Å². The van der Waals surface area contributed by atoms with Crippen LogP contribution >= 0.6 is 0 Å². The van der Waals surface area contributed by atoms with E-state index < -0.39 is 15.3 Å². The van der Waals surface area contributed by atoms with Crippen molar-refractivity contribution in [2.75, 3.05) is 23.9 Å². The van der Waals surface area contributed by atoms with E-state index >= 15 is 0 Å². The predicted molar refractivity (Wildman–Crippen MR) is 105 cm³/mol. The fraction of sp³-hybridized carbons (Fsp3) is 0.600. The average Bonchev–Trinajstić information content (AvgIpc) is 3.31. The monoisotopic (exact) mass is 392 g/mol. The Hall–Kier alpha value is -1.89. The highest BCUT2D eigenvalue weighted by atomic mass is 32.2. The zero-order valence-corrected chi connectivity index (χ0v) is 17.2. The number of benzene rings is 1. The van der Waals surface area contributed by atoms with Gasteiger partial charge in [0.1, 0.15) is 5.41 Å². The molecule has 0 spiro atoms. The summed E-state index contributed by atoms with van der Waals surface area (Å²) < 4.78 is 23.4. The van der Waals surface area contributed by atoms with E-state index in [1.807, 2.05) is 24.3 Å². The first-order valence-corrected chi connectivity index (χ1v) is 11.2. The van der Waals surface area contributed by atoms with Crippen molar-refractivity contribution >= 4 is 27.3 Å². The normalized spacial score (nSPS) is 22.9. The lowest BCUT2D eigenvalue weighted by Gasteiger charge is -2.28. The number of hydrogen-bond acceptors (Lipinski definition) is 4. The Kier molecular flexibility index (Phi) is 4.87. The Morgan fingerprint density at radius 2 is 1.81 bits per heavy atom. The van der Waals surface area contributed by atoms with Crippen LogP contribution in [0.3, 0.4) is 0 Å². The summed E-state index contributed by atoms with van der Waals surface area (Å²) in [6, 6.07) is 7.29. The summed E-state index contributed by atoms with van der Waals surface area (Å²) in [5.74, 6) is -0.472. The highest BCUT2D eigenvalue weighted by molar-refractivity contribution is 7.91. The molecule has 148 valence electrons. The van der Waals surface area contributed by atoms with Gasteiger partial charge in [-0.15, -0.1) is 0 Å². The van der Waals surface area contributed by atoms with Crippen molar-refractivity contribution in [1.29, 1.82) is 0 Å². The van der Waals surface area contributed by atoms with E-state index in [0.717, 1.165) is 11.3 Å². The summed E-state index contributed by atoms with van der Waals surface area (Å²) in [6.45, 7) is 6.22. The van der Waals surface area contributed by atoms with E-state index in [2.05, 4.69) is 26.1 Å². The summed E-state index contributed by atoms with van der Waals surface area (Å²) in [4.78, 5) is 27.5. The molecule has 1 aliphatic carbocycles. The fourth-order valence-electron chi connectivity index (χ4n) is 3.74. The van der Waals surface area contributed by atoms with Gasteiger partial charge in [0.15, 0.2) is 9.84 Å². The molecule has 0 bridgehead atoms. The maximum absolute atomic E-state index is 13.0. The van der Waals surface area contributed by atoms with Crippen LogP contribution in [0.1, 0.15) is 45.6 Å². The Balaban J connectivity index is 1.77. The minimum Gasteiger partial charge on any atom is -0.341 e. The smallest absolute Gasteiger partial charge is 0.240 e. The van der Waals surface area contributed by atoms with Crippen LogP contribution in [0.15, 0.2) is 24.3 Å². The molecule has 7 heteroatoms. The molecule has 1 atom stereocenters. The van der Waals surface area contributed by atoms with E-state index in [1.54, 1.807) is 7.05 Å². The van der Waals surface area contributed by atoms with Gasteiger partial charge < -0.3 is 10.2 Å². The van der Waals surface area contributed by atoms with Crippen LogP contribution in [0.5, 0.6) is 0 Å². The van der Waals surface area contributed by atoms with Crippen LogP contribution in [0, 0.1) is 5.41 Å². The van der Waals surface area contributed by atoms with E-state index in [1.165, 1.54) is 4.90 Å². The minimum absolute atomic E-state index is 0.0141. The zero-order chi connectivity index (χ0) is 20.0. The summed E-state index contributed by atoms with van der Waals surface area (Å²) in [6.07, 6.45) is 1.44. The van der Waals surface area contributed by atoms with Gasteiger partial charge in [0.05, 0.1) is 11.5 Å². The topological polar surface area (TPSA) is 83.6 Å². The molecule has 1 aromatic carbocycles. The van der Waals surface area contributed by atoms with Crippen molar-refractivity contribution in [3.8, 4) is 0 Å². The number of amides is 2. The summed E-state index contributed by atoms with van der Waals surface area (Å²) >= 11 is 0. The molecule has 1 saturated carbocycles. The number of nitrogens with one attached hydrogen (secondary N) is 1. The lowest BCUT2D eigenvalue weighted by molar-refractivity contribution is -0.142. The van der Waals surface area contributed by atoms with E-state index in [4.69, 9.17) is 0 Å². The summed E-state index contributed by atoms with van der Waals surface area (Å²) in [5.41, 5.74) is 0.531. The summed E-state index contributed by atoms with van der Waals surface area (Å²) in [7, 11) is -1.47. The number of sulfone groups is 1. The molecule has 6 nitrogen and oxygen atoms in total. The van der Waals surface area contributed by atoms with Crippen LogP contribution < -0.4 is 5.32 Å². The number of rotatable bonds is 4. The average molecular weight is 393 g/mol. The molecule has 27 heavy (non-hydrogen) atoms. The minimum atomic E-state index is -3.08. The number of carbonyl (C=O) groups excluding carboxylic acids is 2. The van der Waals surface area contributed by atoms with Gasteiger partial charge in [-0.1, -0.05) is 39.0 Å². The highest BCUT2D eigenvalue weighted by Crippen LogP contribution is 2.49. The van der Waals surface area contributed by atoms with Crippen molar-refractivity contribution in [1.82, 2.24) is 4.90 Å². The first-order chi connectivity index (χ1) is 12.5. The second-order valence-corrected chi connectivity index (χ2v) is 11.0. The van der Waals surface area contributed by atoms with Crippen molar-refractivity contribution in [3.63, 3.8) is 0 Å². The van der Waals surface area contributed by atoms with Crippen molar-refractivity contribution in [2.24, 2.45) is 5.41 Å². The van der Waals surface area contributed by atoms with Gasteiger partial charge >= 0.3 is 0 Å². The van der Waals surface area contributed by atoms with Crippen LogP contribution in [0.2, 0.25) is 0 Å². The van der Waals surface area contributed by atoms with E-state index in [0.29, 0.717) is 19.3 Å². The maximum atomic E-state index is 13.0. The molecule has 1 aliphatic heterocycles. The standard InChI is InChI=1S/C20H28N2O4S/c1-19(2,3)15-7-5-6-8-16(15)21-17(23)20(10-11-20)18(24)22(4)14-9-12-27(25,26)13-14/h5-8,14H,9-13H2,1-4H3,(H,21,23). The molecule has 1 N–H and O–H groups in total. The molecule has 1 saturated heterocycles. The predicted octanol–water partition coefficient (Wildman–Crippen LogP) is 2.35. The Morgan fingerprint density at radius 3 is 2.33 bits per heavy atom. The number of hydrogen-bond donors (Lipinski definition) is 1. The second-order valence-electron chi connectivity index (χ2n) is 8.80. The van der Waals surface area contributed by atoms with Crippen LogP contribution in [0.4, 0.5) is 5.69 Å². The molecule has 0 aromatic heterocycles. The third-order valence-electron chi connectivity index (χ3n) is 5.65. The molecule has 2 fully saturated rings. The quantitative estimate of drug-likeness (QED) is 0.797. The number of carbonyl (C=O) groups is 2. The number of anilines is 1. The molecule has 3 rings (SSSR count). The molecule has 1 heterocycles. The van der Waals surface area contributed by atoms with Gasteiger partial charge in [-0.25, -0.2) is 8.42 Å². The zero-order valence-electron chi connectivity index (χ0n) is 16.4. The van der Waals surface area contributed by atoms with Crippen molar-refractivity contribution in [3.05, 3.63) is 29.8 Å². The van der Waals surface area contributed by atoms with Crippen LogP contribution in [-0.2, 0) is 24.8 Å². The third-order valence-corrected chi connectivity index (χ3v) is 7.40. The van der Waals surface area contributed by atoms with Gasteiger partial charge in [0, 0.05) is 18.8 Å². The molecule has 2 amide bonds.